The zero-order valence-corrected chi connectivity index (χ0v) is 10.5. The molecule has 3 nitrogen and oxygen atoms in total. The van der Waals surface area contributed by atoms with Crippen molar-refractivity contribution in [2.24, 2.45) is 0 Å². The minimum atomic E-state index is -0.412. The fraction of sp³-hybridized carbons (Fsp3) is 0.417. The Morgan fingerprint density at radius 1 is 1.35 bits per heavy atom. The number of halogens is 1. The van der Waals surface area contributed by atoms with Crippen molar-refractivity contribution in [1.82, 2.24) is 0 Å². The molecular weight excluding hydrogens is 311 g/mol. The maximum absolute atomic E-state index is 11.6. The van der Waals surface area contributed by atoms with Crippen molar-refractivity contribution in [3.05, 3.63) is 35.9 Å². The predicted octanol–water partition coefficient (Wildman–Crippen LogP) is 1.73. The van der Waals surface area contributed by atoms with E-state index in [1.807, 2.05) is 6.07 Å². The fourth-order valence-electron chi connectivity index (χ4n) is 1.29. The Balaban J connectivity index is 0.00000256. The van der Waals surface area contributed by atoms with Crippen molar-refractivity contribution >= 4 is 73.3 Å². The van der Waals surface area contributed by atoms with E-state index in [-0.39, 0.29) is 64.0 Å². The zero-order valence-electron chi connectivity index (χ0n) is 8.93. The minimum absolute atomic E-state index is 0. The summed E-state index contributed by atoms with van der Waals surface area (Å²) in [6, 6.07) is 8.79. The summed E-state index contributed by atoms with van der Waals surface area (Å²) in [5.74, 6) is -0.380. The van der Waals surface area contributed by atoms with E-state index in [1.54, 1.807) is 24.3 Å². The van der Waals surface area contributed by atoms with Crippen LogP contribution in [0.2, 0.25) is 0 Å². The Morgan fingerprint density at radius 3 is 2.53 bits per heavy atom. The van der Waals surface area contributed by atoms with Crippen LogP contribution in [-0.2, 0) is 4.74 Å². The molecule has 0 aliphatic carbocycles. The Kier molecular flexibility index (Phi) is 11.1. The van der Waals surface area contributed by atoms with E-state index in [4.69, 9.17) is 9.84 Å². The van der Waals surface area contributed by atoms with Crippen LogP contribution in [0, 0.1) is 0 Å². The van der Waals surface area contributed by atoms with Crippen LogP contribution in [0.5, 0.6) is 0 Å². The van der Waals surface area contributed by atoms with Crippen LogP contribution in [-0.4, -0.2) is 80.5 Å². The topological polar surface area (TPSA) is 46.5 Å². The van der Waals surface area contributed by atoms with Gasteiger partial charge in [0.1, 0.15) is 6.10 Å². The van der Waals surface area contributed by atoms with E-state index < -0.39 is 6.10 Å². The number of alkyl halides is 1. The average Bonchev–Trinajstić information content (AvgIpc) is 2.35. The number of carbonyl (C=O) groups is 1. The molecule has 1 aromatic rings. The van der Waals surface area contributed by atoms with E-state index in [9.17, 15) is 4.79 Å². The molecule has 1 atom stereocenters. The SMILES string of the molecule is O=C(OC(CO)CCCBr)c1ccccc1.[KH]. The molecule has 0 fully saturated rings. The molecule has 17 heavy (non-hydrogen) atoms. The zero-order chi connectivity index (χ0) is 11.8. The molecule has 0 radical (unpaired) electrons. The predicted molar refractivity (Wildman–Crippen MR) is 72.9 cm³/mol. The van der Waals surface area contributed by atoms with Crippen molar-refractivity contribution in [2.45, 2.75) is 18.9 Å². The number of esters is 1. The molecule has 0 aliphatic rings. The molecular formula is C12H16BrKO3. The third-order valence-electron chi connectivity index (χ3n) is 2.15. The second kappa shape index (κ2) is 10.7. The van der Waals surface area contributed by atoms with Gasteiger partial charge in [-0.05, 0) is 25.0 Å². The number of rotatable bonds is 6. The van der Waals surface area contributed by atoms with Gasteiger partial charge in [0.05, 0.1) is 12.2 Å². The molecule has 5 heteroatoms. The van der Waals surface area contributed by atoms with Gasteiger partial charge in [-0.15, -0.1) is 0 Å². The van der Waals surface area contributed by atoms with Gasteiger partial charge in [-0.3, -0.25) is 0 Å². The van der Waals surface area contributed by atoms with Gasteiger partial charge < -0.3 is 9.84 Å². The van der Waals surface area contributed by atoms with Crippen molar-refractivity contribution in [1.29, 1.82) is 0 Å². The maximum atomic E-state index is 11.6. The first-order chi connectivity index (χ1) is 7.77. The van der Waals surface area contributed by atoms with Gasteiger partial charge in [0.25, 0.3) is 0 Å². The van der Waals surface area contributed by atoms with Crippen molar-refractivity contribution in [2.75, 3.05) is 11.9 Å². The number of hydrogen-bond acceptors (Lipinski definition) is 3. The number of aliphatic hydroxyl groups excluding tert-OH is 1. The second-order valence-electron chi connectivity index (χ2n) is 3.41. The van der Waals surface area contributed by atoms with Crippen LogP contribution in [0.15, 0.2) is 30.3 Å². The molecule has 0 saturated heterocycles. The molecule has 1 unspecified atom stereocenters. The standard InChI is InChI=1S/C12H15BrO3.K.H/c13-8-4-7-11(9-14)16-12(15)10-5-2-1-3-6-10;;/h1-3,5-6,11,14H,4,7-9H2;;. The molecule has 0 spiro atoms. The molecule has 1 rings (SSSR count). The van der Waals surface area contributed by atoms with Crippen LogP contribution in [0.25, 0.3) is 0 Å². The van der Waals surface area contributed by atoms with Crippen LogP contribution in [0.4, 0.5) is 0 Å². The summed E-state index contributed by atoms with van der Waals surface area (Å²) in [5, 5.41) is 9.90. The van der Waals surface area contributed by atoms with Gasteiger partial charge in [-0.25, -0.2) is 4.79 Å². The summed E-state index contributed by atoms with van der Waals surface area (Å²) in [4.78, 5) is 11.6. The van der Waals surface area contributed by atoms with Gasteiger partial charge in [0.2, 0.25) is 0 Å². The molecule has 0 amide bonds. The van der Waals surface area contributed by atoms with Crippen LogP contribution in [0.1, 0.15) is 23.2 Å². The van der Waals surface area contributed by atoms with Gasteiger partial charge in [-0.1, -0.05) is 34.1 Å². The summed E-state index contributed by atoms with van der Waals surface area (Å²) in [6.07, 6.45) is 1.12. The molecule has 1 N–H and O–H groups in total. The molecule has 0 aliphatic heterocycles. The summed E-state index contributed by atoms with van der Waals surface area (Å²) < 4.78 is 5.18. The van der Waals surface area contributed by atoms with Gasteiger partial charge >= 0.3 is 57.4 Å². The second-order valence-corrected chi connectivity index (χ2v) is 4.20. The van der Waals surface area contributed by atoms with E-state index in [1.165, 1.54) is 0 Å². The van der Waals surface area contributed by atoms with Crippen molar-refractivity contribution < 1.29 is 14.6 Å². The van der Waals surface area contributed by atoms with E-state index in [0.717, 1.165) is 11.8 Å². The Morgan fingerprint density at radius 2 is 2.00 bits per heavy atom. The van der Waals surface area contributed by atoms with Crippen LogP contribution < -0.4 is 0 Å². The molecule has 1 aromatic carbocycles. The third-order valence-corrected chi connectivity index (χ3v) is 2.71. The third kappa shape index (κ3) is 7.05. The first kappa shape index (κ1) is 17.8. The van der Waals surface area contributed by atoms with Crippen LogP contribution in [0.3, 0.4) is 0 Å². The first-order valence-corrected chi connectivity index (χ1v) is 6.33. The monoisotopic (exact) mass is 326 g/mol. The molecule has 0 aromatic heterocycles. The molecule has 0 heterocycles. The average molecular weight is 327 g/mol. The van der Waals surface area contributed by atoms with E-state index >= 15 is 0 Å². The Labute approximate surface area is 152 Å². The Hall–Kier alpha value is 0.766. The number of carbonyl (C=O) groups excluding carboxylic acids is 1. The number of aliphatic hydroxyl groups is 1. The van der Waals surface area contributed by atoms with E-state index in [0.29, 0.717) is 12.0 Å². The summed E-state index contributed by atoms with van der Waals surface area (Å²) in [5.41, 5.74) is 0.514. The fourth-order valence-corrected chi connectivity index (χ4v) is 1.61. The summed E-state index contributed by atoms with van der Waals surface area (Å²) in [7, 11) is 0. The van der Waals surface area contributed by atoms with Crippen LogP contribution >= 0.6 is 15.9 Å². The van der Waals surface area contributed by atoms with E-state index in [2.05, 4.69) is 15.9 Å². The van der Waals surface area contributed by atoms with Gasteiger partial charge in [0.15, 0.2) is 0 Å². The summed E-state index contributed by atoms with van der Waals surface area (Å²) >= 11 is 3.30. The molecule has 0 bridgehead atoms. The van der Waals surface area contributed by atoms with Crippen molar-refractivity contribution in [3.63, 3.8) is 0 Å². The number of benzene rings is 1. The number of hydrogen-bond donors (Lipinski definition) is 1. The quantitative estimate of drug-likeness (QED) is 0.492. The molecule has 90 valence electrons. The van der Waals surface area contributed by atoms with Gasteiger partial charge in [-0.2, -0.15) is 0 Å². The molecule has 0 saturated carbocycles. The normalized spacial score (nSPS) is 11.4. The Bertz CT molecular complexity index is 319. The summed E-state index contributed by atoms with van der Waals surface area (Å²) in [6.45, 7) is -0.133. The van der Waals surface area contributed by atoms with Gasteiger partial charge in [0, 0.05) is 5.33 Å². The van der Waals surface area contributed by atoms with Crippen molar-refractivity contribution in [3.8, 4) is 0 Å². The number of ether oxygens (including phenoxy) is 1. The first-order valence-electron chi connectivity index (χ1n) is 5.20.